The van der Waals surface area contributed by atoms with Gasteiger partial charge in [-0.25, -0.2) is 4.98 Å². The van der Waals surface area contributed by atoms with Gasteiger partial charge in [0.25, 0.3) is 0 Å². The summed E-state index contributed by atoms with van der Waals surface area (Å²) in [5, 5.41) is 13.5. The van der Waals surface area contributed by atoms with Gasteiger partial charge >= 0.3 is 0 Å². The minimum atomic E-state index is 0.628. The maximum atomic E-state index is 10.0. The van der Waals surface area contributed by atoms with E-state index in [0.29, 0.717) is 13.2 Å². The van der Waals surface area contributed by atoms with Gasteiger partial charge in [0, 0.05) is 51.9 Å². The average molecular weight is 406 g/mol. The van der Waals surface area contributed by atoms with E-state index in [1.54, 1.807) is 7.11 Å². The van der Waals surface area contributed by atoms with Crippen molar-refractivity contribution in [1.82, 2.24) is 9.88 Å². The number of hydrogen-bond donors (Lipinski definition) is 1. The Morgan fingerprint density at radius 3 is 2.63 bits per heavy atom. The van der Waals surface area contributed by atoms with Gasteiger partial charge in [0.05, 0.1) is 12.2 Å². The van der Waals surface area contributed by atoms with Gasteiger partial charge < -0.3 is 15.0 Å². The zero-order valence-electron chi connectivity index (χ0n) is 17.9. The summed E-state index contributed by atoms with van der Waals surface area (Å²) in [5.74, 6) is 1.78. The van der Waals surface area contributed by atoms with E-state index < -0.39 is 0 Å². The second-order valence-corrected chi connectivity index (χ2v) is 8.14. The third-order valence-electron chi connectivity index (χ3n) is 6.07. The summed E-state index contributed by atoms with van der Waals surface area (Å²) in [6.07, 6.45) is 4.48. The first kappa shape index (κ1) is 20.6. The fourth-order valence-electron chi connectivity index (χ4n) is 4.52. The standard InChI is InChI=1S/C24H31N5O/c1-30-15-11-26-23-22-18-28(17-19-8-4-2-5-9-19)14-10-20(22)21(16-25)24(27-23)29-12-6-3-7-13-29/h2,4-5,8-9H,3,6-7,10-15,17-18H2,1H3,(H,26,27). The summed E-state index contributed by atoms with van der Waals surface area (Å²) in [7, 11) is 1.71. The van der Waals surface area contributed by atoms with Crippen LogP contribution < -0.4 is 10.2 Å². The van der Waals surface area contributed by atoms with Crippen molar-refractivity contribution in [3.8, 4) is 6.07 Å². The number of fused-ring (bicyclic) bond motifs is 1. The van der Waals surface area contributed by atoms with Crippen LogP contribution in [0.15, 0.2) is 30.3 Å². The molecule has 6 heteroatoms. The van der Waals surface area contributed by atoms with Crippen molar-refractivity contribution < 1.29 is 4.74 Å². The summed E-state index contributed by atoms with van der Waals surface area (Å²) < 4.78 is 5.24. The Morgan fingerprint density at radius 2 is 1.90 bits per heavy atom. The lowest BCUT2D eigenvalue weighted by atomic mass is 9.94. The highest BCUT2D eigenvalue weighted by Gasteiger charge is 2.28. The summed E-state index contributed by atoms with van der Waals surface area (Å²) in [6.45, 7) is 5.98. The molecule has 0 bridgehead atoms. The number of aromatic nitrogens is 1. The smallest absolute Gasteiger partial charge is 0.149 e. The van der Waals surface area contributed by atoms with Gasteiger partial charge in [-0.05, 0) is 36.8 Å². The number of piperidine rings is 1. The van der Waals surface area contributed by atoms with E-state index in [1.807, 2.05) is 0 Å². The SMILES string of the molecule is COCCNc1nc(N2CCCCC2)c(C#N)c2c1CN(Cc1ccccc1)CC2. The molecule has 0 unspecified atom stereocenters. The van der Waals surface area contributed by atoms with E-state index in [-0.39, 0.29) is 0 Å². The van der Waals surface area contributed by atoms with Gasteiger partial charge in [-0.2, -0.15) is 5.26 Å². The van der Waals surface area contributed by atoms with Crippen LogP contribution in [-0.2, 0) is 24.2 Å². The Labute approximate surface area is 179 Å². The van der Waals surface area contributed by atoms with Crippen LogP contribution in [0, 0.1) is 11.3 Å². The maximum absolute atomic E-state index is 10.0. The summed E-state index contributed by atoms with van der Waals surface area (Å²) >= 11 is 0. The van der Waals surface area contributed by atoms with E-state index in [1.165, 1.54) is 36.0 Å². The highest BCUT2D eigenvalue weighted by atomic mass is 16.5. The van der Waals surface area contributed by atoms with Crippen molar-refractivity contribution in [2.24, 2.45) is 0 Å². The monoisotopic (exact) mass is 405 g/mol. The third-order valence-corrected chi connectivity index (χ3v) is 6.07. The number of nitrogens with zero attached hydrogens (tertiary/aromatic N) is 4. The molecule has 3 heterocycles. The van der Waals surface area contributed by atoms with Gasteiger partial charge in [-0.3, -0.25) is 4.90 Å². The fourth-order valence-corrected chi connectivity index (χ4v) is 4.52. The molecule has 2 aliphatic heterocycles. The van der Waals surface area contributed by atoms with Crippen molar-refractivity contribution >= 4 is 11.6 Å². The van der Waals surface area contributed by atoms with Crippen molar-refractivity contribution in [2.45, 2.75) is 38.8 Å². The number of rotatable bonds is 7. The van der Waals surface area contributed by atoms with Gasteiger partial charge in [0.1, 0.15) is 17.7 Å². The number of hydrogen-bond acceptors (Lipinski definition) is 6. The lowest BCUT2D eigenvalue weighted by molar-refractivity contribution is 0.210. The molecule has 30 heavy (non-hydrogen) atoms. The molecule has 158 valence electrons. The van der Waals surface area contributed by atoms with E-state index in [2.05, 4.69) is 51.5 Å². The minimum Gasteiger partial charge on any atom is -0.383 e. The van der Waals surface area contributed by atoms with E-state index in [4.69, 9.17) is 9.72 Å². The predicted molar refractivity (Wildman–Crippen MR) is 120 cm³/mol. The van der Waals surface area contributed by atoms with Crippen molar-refractivity contribution in [3.05, 3.63) is 52.6 Å². The molecule has 1 N–H and O–H groups in total. The number of methoxy groups -OCH3 is 1. The van der Waals surface area contributed by atoms with Crippen LogP contribution in [0.5, 0.6) is 0 Å². The molecule has 0 spiro atoms. The molecule has 1 saturated heterocycles. The van der Waals surface area contributed by atoms with Crippen LogP contribution in [0.3, 0.4) is 0 Å². The zero-order valence-corrected chi connectivity index (χ0v) is 17.9. The Hall–Kier alpha value is -2.62. The van der Waals surface area contributed by atoms with Gasteiger partial charge in [-0.15, -0.1) is 0 Å². The Kier molecular flexibility index (Phi) is 6.83. The number of ether oxygens (including phenoxy) is 1. The zero-order chi connectivity index (χ0) is 20.8. The molecule has 0 radical (unpaired) electrons. The average Bonchev–Trinajstić information content (AvgIpc) is 2.80. The van der Waals surface area contributed by atoms with Crippen molar-refractivity contribution in [2.75, 3.05) is 50.1 Å². The molecule has 4 rings (SSSR count). The Bertz CT molecular complexity index is 887. The summed E-state index contributed by atoms with van der Waals surface area (Å²) in [4.78, 5) is 9.76. The third kappa shape index (κ3) is 4.58. The molecular formula is C24H31N5O. The second kappa shape index (κ2) is 9.92. The lowest BCUT2D eigenvalue weighted by Gasteiger charge is -2.34. The number of benzene rings is 1. The molecule has 0 saturated carbocycles. The largest absolute Gasteiger partial charge is 0.383 e. The number of nitriles is 1. The molecule has 0 amide bonds. The Balaban J connectivity index is 1.66. The number of nitrogens with one attached hydrogen (secondary N) is 1. The van der Waals surface area contributed by atoms with Crippen LogP contribution in [-0.4, -0.2) is 49.8 Å². The molecule has 2 aliphatic rings. The molecule has 0 atom stereocenters. The number of anilines is 2. The minimum absolute atomic E-state index is 0.628. The molecule has 1 aromatic carbocycles. The molecule has 2 aromatic rings. The molecular weight excluding hydrogens is 374 g/mol. The van der Waals surface area contributed by atoms with Crippen molar-refractivity contribution in [1.29, 1.82) is 5.26 Å². The number of pyridine rings is 1. The molecule has 0 aliphatic carbocycles. The summed E-state index contributed by atoms with van der Waals surface area (Å²) in [5.41, 5.74) is 4.44. The predicted octanol–water partition coefficient (Wildman–Crippen LogP) is 3.56. The first-order chi connectivity index (χ1) is 14.8. The molecule has 1 aromatic heterocycles. The van der Waals surface area contributed by atoms with Crippen LogP contribution in [0.4, 0.5) is 11.6 Å². The molecule has 6 nitrogen and oxygen atoms in total. The quantitative estimate of drug-likeness (QED) is 0.711. The highest BCUT2D eigenvalue weighted by molar-refractivity contribution is 5.67. The van der Waals surface area contributed by atoms with E-state index in [9.17, 15) is 5.26 Å². The first-order valence-corrected chi connectivity index (χ1v) is 11.0. The van der Waals surface area contributed by atoms with Gasteiger partial charge in [0.2, 0.25) is 0 Å². The van der Waals surface area contributed by atoms with Gasteiger partial charge in [-0.1, -0.05) is 30.3 Å². The van der Waals surface area contributed by atoms with Crippen LogP contribution in [0.25, 0.3) is 0 Å². The van der Waals surface area contributed by atoms with Crippen molar-refractivity contribution in [3.63, 3.8) is 0 Å². The fraction of sp³-hybridized carbons (Fsp3) is 0.500. The van der Waals surface area contributed by atoms with Crippen LogP contribution >= 0.6 is 0 Å². The maximum Gasteiger partial charge on any atom is 0.149 e. The van der Waals surface area contributed by atoms with E-state index >= 15 is 0 Å². The second-order valence-electron chi connectivity index (χ2n) is 8.14. The van der Waals surface area contributed by atoms with Crippen LogP contribution in [0.1, 0.15) is 41.5 Å². The van der Waals surface area contributed by atoms with Gasteiger partial charge in [0.15, 0.2) is 0 Å². The highest BCUT2D eigenvalue weighted by Crippen LogP contribution is 2.34. The summed E-state index contributed by atoms with van der Waals surface area (Å²) in [6, 6.07) is 13.1. The lowest BCUT2D eigenvalue weighted by Crippen LogP contribution is -2.35. The molecule has 1 fully saturated rings. The first-order valence-electron chi connectivity index (χ1n) is 11.0. The van der Waals surface area contributed by atoms with E-state index in [0.717, 1.165) is 56.3 Å². The van der Waals surface area contributed by atoms with Crippen LogP contribution in [0.2, 0.25) is 0 Å². The topological polar surface area (TPSA) is 64.4 Å². The normalized spacial score (nSPS) is 16.7. The Morgan fingerprint density at radius 1 is 1.10 bits per heavy atom.